The van der Waals surface area contributed by atoms with Gasteiger partial charge in [0.25, 0.3) is 0 Å². The van der Waals surface area contributed by atoms with Crippen molar-refractivity contribution < 1.29 is 73.3 Å². The summed E-state index contributed by atoms with van der Waals surface area (Å²) < 4.78 is 2.83. The average Bonchev–Trinajstić information content (AvgIpc) is 3.94. The van der Waals surface area contributed by atoms with Crippen LogP contribution in [0.3, 0.4) is 0 Å². The van der Waals surface area contributed by atoms with Gasteiger partial charge < -0.3 is 24.8 Å². The van der Waals surface area contributed by atoms with Gasteiger partial charge in [-0.05, 0) is 21.7 Å². The Labute approximate surface area is 534 Å². The van der Waals surface area contributed by atoms with Gasteiger partial charge in [-0.3, -0.25) is 12.2 Å². The predicted molar refractivity (Wildman–Crippen MR) is 344 cm³/mol. The molecule has 0 nitrogen and oxygen atoms in total. The number of halogens is 2. The molecule has 0 aliphatic heterocycles. The van der Waals surface area contributed by atoms with E-state index in [1.807, 2.05) is 24.3 Å². The first kappa shape index (κ1) is 67.3. The molecule has 0 amide bonds. The molecule has 0 N–H and O–H groups in total. The van der Waals surface area contributed by atoms with Crippen LogP contribution in [0.15, 0.2) is 243 Å². The topological polar surface area (TPSA) is 0 Å². The van der Waals surface area contributed by atoms with Crippen LogP contribution < -0.4 is 24.8 Å². The SMILES string of the molecule is CC(C)(C)c1ccc2c(c1)[cH-]c1cc(C(C)(C)C)ccc12.CC(C)(C)c1ccc2c(c1)[cH-]c1cc(C(C)(C)C)ccc12.[C-]1=CC=CC1.[C-]1=CC=CC1.[Cl-].[Cl-].[Zr+2]=[C](c1ccccc1)c1ccccc1.[Zr+2]=[C](c1ccccc1)c1ccccc1. The van der Waals surface area contributed by atoms with Crippen molar-refractivity contribution in [2.45, 2.75) is 118 Å². The van der Waals surface area contributed by atoms with E-state index in [-0.39, 0.29) is 46.5 Å². The van der Waals surface area contributed by atoms with Crippen molar-refractivity contribution in [3.63, 3.8) is 0 Å². The first-order valence-electron chi connectivity index (χ1n) is 28.2. The van der Waals surface area contributed by atoms with Gasteiger partial charge in [-0.25, -0.2) is 24.3 Å². The summed E-state index contributed by atoms with van der Waals surface area (Å²) in [6.07, 6.45) is 20.0. The first-order valence-corrected chi connectivity index (χ1v) is 30.6. The van der Waals surface area contributed by atoms with E-state index >= 15 is 0 Å². The molecule has 10 aromatic carbocycles. The number of allylic oxidation sites excluding steroid dienone is 8. The normalized spacial score (nSPS) is 12.3. The molecule has 0 unspecified atom stereocenters. The maximum atomic E-state index is 2.99. The van der Waals surface area contributed by atoms with E-state index in [2.05, 4.69) is 314 Å². The standard InChI is InChI=1S/2C21H25.2C13H10.2C5H5.2ClH.2Zr/c2*1-20(2,3)16-7-9-18-14(12-16)11-15-13-17(21(4,5)6)8-10-19(15)18;2*1-3-7-12(8-4-1)11-13-9-5-2-6-10-13;2*1-2-4-5-3-1;;;;/h2*7-13H,1-6H3;2*1-10H;2*1-3H,4H2;2*1H;;/q2*-1;;;2*-1;;;2*+2/p-2. The monoisotopic (exact) mass is 1270 g/mol. The summed E-state index contributed by atoms with van der Waals surface area (Å²) in [5.41, 5.74) is 11.7. The zero-order valence-electron chi connectivity index (χ0n) is 50.3. The molecule has 0 fully saturated rings. The van der Waals surface area contributed by atoms with Gasteiger partial charge in [0.05, 0.1) is 0 Å². The molecule has 2 aliphatic rings. The Bertz CT molecular complexity index is 3260. The van der Waals surface area contributed by atoms with E-state index in [9.17, 15) is 0 Å². The van der Waals surface area contributed by atoms with Crippen molar-refractivity contribution in [2.75, 3.05) is 0 Å². The van der Waals surface area contributed by atoms with Crippen molar-refractivity contribution in [3.8, 4) is 0 Å². The Kier molecular flexibility index (Phi) is 25.4. The van der Waals surface area contributed by atoms with Gasteiger partial charge in [-0.2, -0.15) is 12.2 Å². The van der Waals surface area contributed by atoms with Gasteiger partial charge in [-0.1, -0.05) is 154 Å². The Morgan fingerprint density at radius 1 is 0.329 bits per heavy atom. The molecule has 12 rings (SSSR count). The number of hydrogen-bond donors (Lipinski definition) is 0. The second-order valence-electron chi connectivity index (χ2n) is 24.7. The molecule has 0 heterocycles. The molecule has 416 valence electrons. The molecule has 0 saturated carbocycles. The third kappa shape index (κ3) is 19.3. The molecule has 0 spiro atoms. The minimum atomic E-state index is 0. The zero-order valence-corrected chi connectivity index (χ0v) is 56.7. The number of rotatable bonds is 4. The van der Waals surface area contributed by atoms with Crippen molar-refractivity contribution in [1.82, 2.24) is 0 Å². The van der Waals surface area contributed by atoms with Crippen LogP contribution in [0.4, 0.5) is 0 Å². The Morgan fingerprint density at radius 2 is 0.549 bits per heavy atom. The van der Waals surface area contributed by atoms with E-state index in [1.165, 1.54) is 142 Å². The number of benzene rings is 8. The van der Waals surface area contributed by atoms with Crippen LogP contribution in [0.5, 0.6) is 0 Å². The zero-order chi connectivity index (χ0) is 57.5. The van der Waals surface area contributed by atoms with Gasteiger partial charge in [-0.15, -0.1) is 92.3 Å². The van der Waals surface area contributed by atoms with E-state index < -0.39 is 0 Å². The molecular weight excluding hydrogens is 1190 g/mol. The molecular formula is C78H80Cl2Zr2-2. The molecule has 0 saturated heterocycles. The van der Waals surface area contributed by atoms with Gasteiger partial charge in [0.15, 0.2) is 0 Å². The fourth-order valence-corrected chi connectivity index (χ4v) is 11.0. The van der Waals surface area contributed by atoms with Crippen LogP contribution in [0.2, 0.25) is 0 Å². The summed E-state index contributed by atoms with van der Waals surface area (Å²) in [5, 5.41) is 11.0. The summed E-state index contributed by atoms with van der Waals surface area (Å²) in [5.74, 6) is 0. The molecule has 0 bridgehead atoms. The third-order valence-corrected chi connectivity index (χ3v) is 17.1. The van der Waals surface area contributed by atoms with Gasteiger partial charge in [0.2, 0.25) is 0 Å². The molecule has 82 heavy (non-hydrogen) atoms. The second-order valence-corrected chi connectivity index (χ2v) is 27.2. The van der Waals surface area contributed by atoms with E-state index in [0.29, 0.717) is 0 Å². The summed E-state index contributed by atoms with van der Waals surface area (Å²) >= 11 is 2.92. The average molecular weight is 1270 g/mol. The minimum absolute atomic E-state index is 0. The van der Waals surface area contributed by atoms with E-state index in [1.54, 1.807) is 0 Å². The predicted octanol–water partition coefficient (Wildman–Crippen LogP) is 14.8. The van der Waals surface area contributed by atoms with Gasteiger partial charge in [0, 0.05) is 0 Å². The summed E-state index contributed by atoms with van der Waals surface area (Å²) in [6.45, 7) is 27.3. The van der Waals surface area contributed by atoms with Crippen molar-refractivity contribution in [3.05, 3.63) is 299 Å². The van der Waals surface area contributed by atoms with E-state index in [4.69, 9.17) is 0 Å². The quantitative estimate of drug-likeness (QED) is 0.154. The van der Waals surface area contributed by atoms with Crippen molar-refractivity contribution >= 4 is 49.5 Å². The van der Waals surface area contributed by atoms with Gasteiger partial charge in [0.1, 0.15) is 0 Å². The fourth-order valence-electron chi connectivity index (χ4n) is 9.34. The number of fused-ring (bicyclic) bond motifs is 6. The van der Waals surface area contributed by atoms with Crippen LogP contribution in [-0.2, 0) is 70.1 Å². The van der Waals surface area contributed by atoms with Crippen LogP contribution >= 0.6 is 0 Å². The van der Waals surface area contributed by atoms with Gasteiger partial charge >= 0.3 is 198 Å². The van der Waals surface area contributed by atoms with Crippen LogP contribution in [0.1, 0.15) is 140 Å². The Balaban J connectivity index is 0.000000190. The molecule has 4 heteroatoms. The molecule has 0 atom stereocenters. The van der Waals surface area contributed by atoms with Crippen molar-refractivity contribution in [2.24, 2.45) is 0 Å². The molecule has 10 aromatic rings. The third-order valence-electron chi connectivity index (χ3n) is 14.3. The van der Waals surface area contributed by atoms with Crippen LogP contribution in [0.25, 0.3) is 43.1 Å². The molecule has 0 radical (unpaired) electrons. The van der Waals surface area contributed by atoms with Crippen LogP contribution in [0, 0.1) is 12.2 Å². The van der Waals surface area contributed by atoms with E-state index in [0.717, 1.165) is 12.8 Å². The second kappa shape index (κ2) is 30.9. The molecule has 2 aliphatic carbocycles. The fraction of sp³-hybridized carbons (Fsp3) is 0.231. The maximum absolute atomic E-state index is 2.99. The summed E-state index contributed by atoms with van der Waals surface area (Å²) in [7, 11) is 0. The Morgan fingerprint density at radius 3 is 0.707 bits per heavy atom. The van der Waals surface area contributed by atoms with Crippen LogP contribution in [-0.4, -0.2) is 6.41 Å². The van der Waals surface area contributed by atoms with Crippen molar-refractivity contribution in [1.29, 1.82) is 0 Å². The first-order chi connectivity index (χ1) is 38.1. The number of hydrogen-bond acceptors (Lipinski definition) is 0. The summed E-state index contributed by atoms with van der Waals surface area (Å²) in [6, 6.07) is 74.6. The summed E-state index contributed by atoms with van der Waals surface area (Å²) in [4.78, 5) is 0. The molecule has 0 aromatic heterocycles. The Hall–Kier alpha value is -5.45.